The summed E-state index contributed by atoms with van der Waals surface area (Å²) in [5.41, 5.74) is 5.46. The summed E-state index contributed by atoms with van der Waals surface area (Å²) in [7, 11) is 0. The number of Topliss-reactive ketones (excluding diaryl/α,β-unsaturated/α-hetero) is 1. The van der Waals surface area contributed by atoms with Gasteiger partial charge in [-0.05, 0) is 49.2 Å². The summed E-state index contributed by atoms with van der Waals surface area (Å²) >= 11 is 0. The first-order valence-electron chi connectivity index (χ1n) is 8.86. The Kier molecular flexibility index (Phi) is 5.60. The number of alkyl halides is 2. The van der Waals surface area contributed by atoms with Gasteiger partial charge in [-0.3, -0.25) is 9.78 Å². The van der Waals surface area contributed by atoms with Crippen LogP contribution in [-0.4, -0.2) is 23.2 Å². The number of pyridine rings is 1. The molecule has 1 aromatic carbocycles. The van der Waals surface area contributed by atoms with Gasteiger partial charge in [0.2, 0.25) is 0 Å². The molecule has 2 aromatic rings. The Bertz CT molecular complexity index is 1120. The molecule has 1 aromatic heterocycles. The number of aromatic nitrogens is 1. The minimum atomic E-state index is -2.95. The van der Waals surface area contributed by atoms with Crippen LogP contribution in [0, 0.1) is 24.1 Å². The summed E-state index contributed by atoms with van der Waals surface area (Å²) in [6.45, 7) is 3.08. The van der Waals surface area contributed by atoms with E-state index < -0.39 is 29.6 Å². The highest BCUT2D eigenvalue weighted by Gasteiger charge is 2.34. The summed E-state index contributed by atoms with van der Waals surface area (Å²) < 4.78 is 45.5. The van der Waals surface area contributed by atoms with E-state index in [0.717, 1.165) is 12.1 Å². The molecule has 1 aliphatic rings. The molecule has 9 heteroatoms. The predicted molar refractivity (Wildman–Crippen MR) is 102 cm³/mol. The molecule has 0 radical (unpaired) electrons. The van der Waals surface area contributed by atoms with Gasteiger partial charge in [0.1, 0.15) is 23.1 Å². The maximum Gasteiger partial charge on any atom is 0.295 e. The van der Waals surface area contributed by atoms with Crippen LogP contribution < -0.4 is 5.73 Å². The molecular formula is C21H17F3N4O2. The van der Waals surface area contributed by atoms with Gasteiger partial charge in [0.25, 0.3) is 12.4 Å². The second-order valence-electron chi connectivity index (χ2n) is 6.96. The van der Waals surface area contributed by atoms with Gasteiger partial charge in [0.15, 0.2) is 11.5 Å². The van der Waals surface area contributed by atoms with Crippen molar-refractivity contribution in [3.8, 4) is 6.07 Å². The van der Waals surface area contributed by atoms with Crippen molar-refractivity contribution < 1.29 is 22.7 Å². The molecule has 0 amide bonds. The number of nitriles is 1. The van der Waals surface area contributed by atoms with Crippen molar-refractivity contribution in [2.24, 2.45) is 10.7 Å². The lowest BCUT2D eigenvalue weighted by atomic mass is 9.88. The molecule has 0 fully saturated rings. The number of aryl methyl sites for hydroxylation is 1. The zero-order chi connectivity index (χ0) is 22.1. The minimum Gasteiger partial charge on any atom is -0.425 e. The minimum absolute atomic E-state index is 0.0262. The lowest BCUT2D eigenvalue weighted by Crippen LogP contribution is -2.32. The summed E-state index contributed by atoms with van der Waals surface area (Å²) in [4.78, 5) is 20.7. The predicted octanol–water partition coefficient (Wildman–Crippen LogP) is 3.54. The number of hydrogen-bond acceptors (Lipinski definition) is 6. The van der Waals surface area contributed by atoms with Gasteiger partial charge in [-0.25, -0.2) is 18.2 Å². The quantitative estimate of drug-likeness (QED) is 0.754. The van der Waals surface area contributed by atoms with Gasteiger partial charge in [0, 0.05) is 18.2 Å². The number of aliphatic imine (C=N–C) groups is 1. The van der Waals surface area contributed by atoms with Gasteiger partial charge in [-0.15, -0.1) is 0 Å². The van der Waals surface area contributed by atoms with Crippen LogP contribution in [0.4, 0.5) is 13.2 Å². The van der Waals surface area contributed by atoms with E-state index in [9.17, 15) is 18.0 Å². The van der Waals surface area contributed by atoms with E-state index in [1.165, 1.54) is 25.3 Å². The molecule has 2 heterocycles. The Hall–Kier alpha value is -3.67. The van der Waals surface area contributed by atoms with E-state index in [1.807, 2.05) is 6.07 Å². The number of nitrogens with zero attached hydrogens (tertiary/aromatic N) is 3. The van der Waals surface area contributed by atoms with Crippen LogP contribution in [0.15, 0.2) is 47.3 Å². The van der Waals surface area contributed by atoms with E-state index >= 15 is 0 Å². The van der Waals surface area contributed by atoms with E-state index in [0.29, 0.717) is 16.7 Å². The highest BCUT2D eigenvalue weighted by atomic mass is 19.3. The van der Waals surface area contributed by atoms with Gasteiger partial charge in [0.05, 0.1) is 5.56 Å². The average Bonchev–Trinajstić information content (AvgIpc) is 2.68. The van der Waals surface area contributed by atoms with E-state index in [2.05, 4.69) is 9.98 Å². The van der Waals surface area contributed by atoms with Crippen LogP contribution in [0.25, 0.3) is 0 Å². The third-order valence-corrected chi connectivity index (χ3v) is 4.62. The number of benzene rings is 1. The van der Waals surface area contributed by atoms with Gasteiger partial charge >= 0.3 is 0 Å². The lowest BCUT2D eigenvalue weighted by Gasteiger charge is -2.28. The van der Waals surface area contributed by atoms with Crippen LogP contribution in [0.1, 0.15) is 39.7 Å². The summed E-state index contributed by atoms with van der Waals surface area (Å²) in [5, 5.41) is 8.91. The molecule has 3 rings (SSSR count). The molecule has 1 atom stereocenters. The van der Waals surface area contributed by atoms with Crippen molar-refractivity contribution in [1.29, 1.82) is 5.26 Å². The van der Waals surface area contributed by atoms with Gasteiger partial charge in [-0.1, -0.05) is 6.07 Å². The fourth-order valence-corrected chi connectivity index (χ4v) is 3.22. The number of allylic oxidation sites excluding steroid dienone is 1. The smallest absolute Gasteiger partial charge is 0.295 e. The number of ketones is 1. The Morgan fingerprint density at radius 1 is 1.37 bits per heavy atom. The Balaban J connectivity index is 1.95. The zero-order valence-corrected chi connectivity index (χ0v) is 16.1. The topological polar surface area (TPSA) is 101 Å². The first-order chi connectivity index (χ1) is 14.1. The normalized spacial score (nSPS) is 18.3. The van der Waals surface area contributed by atoms with E-state index in [1.54, 1.807) is 13.0 Å². The van der Waals surface area contributed by atoms with Gasteiger partial charge in [-0.2, -0.15) is 5.26 Å². The molecule has 0 spiro atoms. The van der Waals surface area contributed by atoms with Crippen LogP contribution in [0.2, 0.25) is 0 Å². The maximum atomic E-state index is 14.6. The van der Waals surface area contributed by atoms with Crippen molar-refractivity contribution in [1.82, 2.24) is 4.98 Å². The maximum absolute atomic E-state index is 14.6. The Morgan fingerprint density at radius 3 is 2.73 bits per heavy atom. The second-order valence-corrected chi connectivity index (χ2v) is 6.96. The number of rotatable bonds is 5. The molecule has 0 unspecified atom stereocenters. The molecule has 0 saturated heterocycles. The van der Waals surface area contributed by atoms with Crippen LogP contribution in [0.5, 0.6) is 0 Å². The third-order valence-electron chi connectivity index (χ3n) is 4.62. The number of carbonyl (C=O) groups is 1. The summed E-state index contributed by atoms with van der Waals surface area (Å²) in [5.74, 6) is -1.74. The van der Waals surface area contributed by atoms with Crippen LogP contribution >= 0.6 is 0 Å². The standard InChI is InChI=1S/C21H17F3N4O2/c1-11-5-13(9-25)10-27-18(11)16(29)7-12-3-4-15(22)14(6-12)21(2)8-17(19(23)24)30-20(26)28-21/h3-6,8,10,19H,7H2,1-2H3,(H2,26,28)/t21-/m0/s1. The molecule has 0 saturated carbocycles. The number of nitrogens with two attached hydrogens (primary N) is 1. The summed E-state index contributed by atoms with van der Waals surface area (Å²) in [6, 6.07) is 6.93. The van der Waals surface area contributed by atoms with Crippen molar-refractivity contribution >= 4 is 11.8 Å². The molecule has 2 N–H and O–H groups in total. The molecule has 0 aliphatic carbocycles. The third kappa shape index (κ3) is 4.17. The fraction of sp³-hybridized carbons (Fsp3) is 0.238. The highest BCUT2D eigenvalue weighted by molar-refractivity contribution is 5.97. The highest BCUT2D eigenvalue weighted by Crippen LogP contribution is 2.35. The number of ether oxygens (including phenoxy) is 1. The average molecular weight is 414 g/mol. The number of halogens is 3. The monoisotopic (exact) mass is 414 g/mol. The summed E-state index contributed by atoms with van der Waals surface area (Å²) in [6.07, 6.45) is -0.751. The first kappa shape index (κ1) is 21.0. The molecular weight excluding hydrogens is 397 g/mol. The Morgan fingerprint density at radius 2 is 2.10 bits per heavy atom. The number of amidine groups is 1. The van der Waals surface area contributed by atoms with Crippen molar-refractivity contribution in [2.75, 3.05) is 0 Å². The molecule has 154 valence electrons. The molecule has 6 nitrogen and oxygen atoms in total. The van der Waals surface area contributed by atoms with Crippen LogP contribution in [-0.2, 0) is 16.7 Å². The first-order valence-corrected chi connectivity index (χ1v) is 8.86. The van der Waals surface area contributed by atoms with Crippen molar-refractivity contribution in [2.45, 2.75) is 32.2 Å². The SMILES string of the molecule is Cc1cc(C#N)cnc1C(=O)Cc1ccc(F)c([C@]2(C)C=C(C(F)F)OC(N)=N2)c1. The van der Waals surface area contributed by atoms with Crippen LogP contribution in [0.3, 0.4) is 0 Å². The number of carbonyl (C=O) groups excluding carboxylic acids is 1. The Labute approximate surface area is 170 Å². The second kappa shape index (κ2) is 7.99. The molecule has 30 heavy (non-hydrogen) atoms. The number of hydrogen-bond donors (Lipinski definition) is 1. The fourth-order valence-electron chi connectivity index (χ4n) is 3.22. The van der Waals surface area contributed by atoms with Crippen molar-refractivity contribution in [3.63, 3.8) is 0 Å². The van der Waals surface area contributed by atoms with E-state index in [4.69, 9.17) is 15.7 Å². The molecule has 0 bridgehead atoms. The zero-order valence-electron chi connectivity index (χ0n) is 16.1. The van der Waals surface area contributed by atoms with E-state index in [-0.39, 0.29) is 23.5 Å². The largest absolute Gasteiger partial charge is 0.425 e. The molecule has 1 aliphatic heterocycles. The van der Waals surface area contributed by atoms with Crippen molar-refractivity contribution in [3.05, 3.63) is 76.1 Å². The lowest BCUT2D eigenvalue weighted by molar-refractivity contribution is 0.0987. The van der Waals surface area contributed by atoms with Gasteiger partial charge < -0.3 is 10.5 Å².